The maximum atomic E-state index is 12.2. The zero-order valence-electron chi connectivity index (χ0n) is 13.7. The molecule has 0 bridgehead atoms. The number of nitrogens with one attached hydrogen (secondary N) is 1. The zero-order valence-corrected chi connectivity index (χ0v) is 15.2. The van der Waals surface area contributed by atoms with Crippen molar-refractivity contribution in [3.05, 3.63) is 45.2 Å². The lowest BCUT2D eigenvalue weighted by atomic mass is 10.2. The molecule has 0 aliphatic rings. The van der Waals surface area contributed by atoms with Crippen LogP contribution in [0.3, 0.4) is 0 Å². The van der Waals surface area contributed by atoms with E-state index in [-0.39, 0.29) is 12.5 Å². The molecule has 0 radical (unpaired) electrons. The quantitative estimate of drug-likeness (QED) is 0.894. The van der Waals surface area contributed by atoms with E-state index in [1.807, 2.05) is 45.0 Å². The maximum absolute atomic E-state index is 12.2. The number of carbonyl (C=O) groups excluding carboxylic acids is 1. The van der Waals surface area contributed by atoms with Crippen LogP contribution >= 0.6 is 23.2 Å². The molecule has 2 aromatic rings. The van der Waals surface area contributed by atoms with Gasteiger partial charge < -0.3 is 5.32 Å². The second-order valence-corrected chi connectivity index (χ2v) is 6.39. The molecule has 1 aromatic carbocycles. The highest BCUT2D eigenvalue weighted by Gasteiger charge is 2.15. The third-order valence-electron chi connectivity index (χ3n) is 3.66. The zero-order chi connectivity index (χ0) is 17.1. The average Bonchev–Trinajstić information content (AvgIpc) is 2.70. The highest BCUT2D eigenvalue weighted by molar-refractivity contribution is 6.42. The lowest BCUT2D eigenvalue weighted by molar-refractivity contribution is -0.117. The minimum absolute atomic E-state index is 0.0927. The van der Waals surface area contributed by atoms with Crippen molar-refractivity contribution in [1.82, 2.24) is 14.7 Å². The first kappa shape index (κ1) is 17.8. The fraction of sp³-hybridized carbons (Fsp3) is 0.375. The van der Waals surface area contributed by atoms with Crippen LogP contribution in [-0.2, 0) is 18.4 Å². The molecule has 124 valence electrons. The Hall–Kier alpha value is -1.56. The van der Waals surface area contributed by atoms with Crippen LogP contribution in [0.2, 0.25) is 10.0 Å². The summed E-state index contributed by atoms with van der Waals surface area (Å²) in [5, 5.41) is 8.25. The van der Waals surface area contributed by atoms with Crippen LogP contribution in [0.25, 0.3) is 0 Å². The Kier molecular flexibility index (Phi) is 5.68. The number of hydrogen-bond acceptors (Lipinski definition) is 3. The van der Waals surface area contributed by atoms with Crippen molar-refractivity contribution in [2.75, 3.05) is 18.9 Å². The molecule has 0 aliphatic carbocycles. The minimum atomic E-state index is -0.0927. The summed E-state index contributed by atoms with van der Waals surface area (Å²) in [4.78, 5) is 14.1. The fourth-order valence-corrected chi connectivity index (χ4v) is 2.78. The molecule has 1 N–H and O–H groups in total. The minimum Gasteiger partial charge on any atom is -0.322 e. The van der Waals surface area contributed by atoms with E-state index in [9.17, 15) is 4.79 Å². The highest BCUT2D eigenvalue weighted by atomic mass is 35.5. The molecule has 1 amide bonds. The predicted octanol–water partition coefficient (Wildman–Crippen LogP) is 3.41. The summed E-state index contributed by atoms with van der Waals surface area (Å²) in [6.07, 6.45) is 0. The van der Waals surface area contributed by atoms with Gasteiger partial charge in [-0.25, -0.2) is 0 Å². The van der Waals surface area contributed by atoms with E-state index in [4.69, 9.17) is 23.2 Å². The summed E-state index contributed by atoms with van der Waals surface area (Å²) in [7, 11) is 3.71. The molecule has 0 saturated carbocycles. The highest BCUT2D eigenvalue weighted by Crippen LogP contribution is 2.26. The van der Waals surface area contributed by atoms with Gasteiger partial charge in [-0.05, 0) is 32.5 Å². The van der Waals surface area contributed by atoms with Crippen LogP contribution in [0.4, 0.5) is 5.69 Å². The Labute approximate surface area is 146 Å². The van der Waals surface area contributed by atoms with Gasteiger partial charge in [0, 0.05) is 13.6 Å². The first-order valence-corrected chi connectivity index (χ1v) is 7.96. The predicted molar refractivity (Wildman–Crippen MR) is 94.1 cm³/mol. The number of carbonyl (C=O) groups is 1. The first-order valence-electron chi connectivity index (χ1n) is 7.21. The smallest absolute Gasteiger partial charge is 0.238 e. The summed E-state index contributed by atoms with van der Waals surface area (Å²) in [5.41, 5.74) is 3.39. The van der Waals surface area contributed by atoms with Crippen molar-refractivity contribution in [3.63, 3.8) is 0 Å². The van der Waals surface area contributed by atoms with Gasteiger partial charge in [0.05, 0.1) is 33.7 Å². The van der Waals surface area contributed by atoms with Gasteiger partial charge in [-0.3, -0.25) is 14.4 Å². The van der Waals surface area contributed by atoms with E-state index in [1.165, 1.54) is 0 Å². The first-order chi connectivity index (χ1) is 10.8. The summed E-state index contributed by atoms with van der Waals surface area (Å²) in [5.74, 6) is -0.0927. The van der Waals surface area contributed by atoms with E-state index in [1.54, 1.807) is 10.7 Å². The van der Waals surface area contributed by atoms with Gasteiger partial charge in [0.25, 0.3) is 0 Å². The summed E-state index contributed by atoms with van der Waals surface area (Å²) in [6.45, 7) is 4.58. The molecule has 0 unspecified atom stereocenters. The van der Waals surface area contributed by atoms with Crippen LogP contribution in [-0.4, -0.2) is 34.2 Å². The number of amides is 1. The Morgan fingerprint density at radius 1 is 1.35 bits per heavy atom. The van der Waals surface area contributed by atoms with Crippen LogP contribution in [0.15, 0.2) is 18.2 Å². The van der Waals surface area contributed by atoms with Crippen molar-refractivity contribution in [2.24, 2.45) is 7.05 Å². The third-order valence-corrected chi connectivity index (χ3v) is 4.52. The molecule has 7 heteroatoms. The second kappa shape index (κ2) is 7.34. The number of aromatic nitrogens is 2. The van der Waals surface area contributed by atoms with Gasteiger partial charge in [0.1, 0.15) is 0 Å². The van der Waals surface area contributed by atoms with Gasteiger partial charge in [-0.15, -0.1) is 0 Å². The number of rotatable bonds is 5. The van der Waals surface area contributed by atoms with Crippen LogP contribution in [0.5, 0.6) is 0 Å². The molecular weight excluding hydrogens is 335 g/mol. The van der Waals surface area contributed by atoms with Gasteiger partial charge in [0.2, 0.25) is 5.91 Å². The molecule has 0 spiro atoms. The number of halogens is 2. The molecule has 1 aromatic heterocycles. The van der Waals surface area contributed by atoms with Crippen molar-refractivity contribution in [1.29, 1.82) is 0 Å². The maximum Gasteiger partial charge on any atom is 0.238 e. The number of benzene rings is 1. The van der Waals surface area contributed by atoms with E-state index < -0.39 is 0 Å². The van der Waals surface area contributed by atoms with Crippen molar-refractivity contribution in [3.8, 4) is 0 Å². The molecule has 0 saturated heterocycles. The molecule has 2 rings (SSSR count). The Morgan fingerprint density at radius 2 is 2.04 bits per heavy atom. The molecule has 0 atom stereocenters. The van der Waals surface area contributed by atoms with E-state index in [2.05, 4.69) is 10.4 Å². The monoisotopic (exact) mass is 354 g/mol. The number of hydrogen-bond donors (Lipinski definition) is 1. The van der Waals surface area contributed by atoms with Crippen molar-refractivity contribution < 1.29 is 4.79 Å². The number of aryl methyl sites for hydroxylation is 2. The van der Waals surface area contributed by atoms with Gasteiger partial charge in [-0.2, -0.15) is 5.10 Å². The molecule has 1 heterocycles. The van der Waals surface area contributed by atoms with Crippen molar-refractivity contribution in [2.45, 2.75) is 20.4 Å². The Morgan fingerprint density at radius 3 is 2.65 bits per heavy atom. The number of nitrogens with zero attached hydrogens (tertiary/aromatic N) is 3. The standard InChI is InChI=1S/C16H20Cl2N4O/c1-10-16(11(2)22(4)20-10)19-14(23)9-21(3)8-12-6-5-7-13(17)15(12)18/h5-7H,8-9H2,1-4H3,(H,19,23). The lowest BCUT2D eigenvalue weighted by Gasteiger charge is -2.17. The molecular formula is C16H20Cl2N4O. The molecule has 0 aliphatic heterocycles. The topological polar surface area (TPSA) is 50.2 Å². The van der Waals surface area contributed by atoms with Crippen LogP contribution in [0.1, 0.15) is 17.0 Å². The fourth-order valence-electron chi connectivity index (χ4n) is 2.40. The SMILES string of the molecule is Cc1nn(C)c(C)c1NC(=O)CN(C)Cc1cccc(Cl)c1Cl. The molecule has 0 fully saturated rings. The average molecular weight is 355 g/mol. The van der Waals surface area contributed by atoms with E-state index in [0.717, 1.165) is 22.6 Å². The summed E-state index contributed by atoms with van der Waals surface area (Å²) in [6, 6.07) is 5.49. The van der Waals surface area contributed by atoms with Gasteiger partial charge in [-0.1, -0.05) is 35.3 Å². The number of likely N-dealkylation sites (N-methyl/N-ethyl adjacent to an activating group) is 1. The van der Waals surface area contributed by atoms with Crippen LogP contribution < -0.4 is 5.32 Å². The van der Waals surface area contributed by atoms with Crippen LogP contribution in [0, 0.1) is 13.8 Å². The van der Waals surface area contributed by atoms with E-state index in [0.29, 0.717) is 16.6 Å². The van der Waals surface area contributed by atoms with Gasteiger partial charge in [0.15, 0.2) is 0 Å². The second-order valence-electron chi connectivity index (χ2n) is 5.60. The lowest BCUT2D eigenvalue weighted by Crippen LogP contribution is -2.30. The Bertz CT molecular complexity index is 727. The summed E-state index contributed by atoms with van der Waals surface area (Å²) >= 11 is 12.2. The Balaban J connectivity index is 1.98. The summed E-state index contributed by atoms with van der Waals surface area (Å²) < 4.78 is 1.75. The van der Waals surface area contributed by atoms with E-state index >= 15 is 0 Å². The largest absolute Gasteiger partial charge is 0.322 e. The normalized spacial score (nSPS) is 11.1. The number of anilines is 1. The van der Waals surface area contributed by atoms with Crippen molar-refractivity contribution >= 4 is 34.8 Å². The molecule has 23 heavy (non-hydrogen) atoms. The van der Waals surface area contributed by atoms with Gasteiger partial charge >= 0.3 is 0 Å². The third kappa shape index (κ3) is 4.25. The molecule has 5 nitrogen and oxygen atoms in total.